The highest BCUT2D eigenvalue weighted by Crippen LogP contribution is 2.64. The first kappa shape index (κ1) is 15.6. The van der Waals surface area contributed by atoms with Crippen molar-refractivity contribution in [3.63, 3.8) is 0 Å². The third-order valence-corrected chi connectivity index (χ3v) is 7.59. The van der Waals surface area contributed by atoms with E-state index in [-0.39, 0.29) is 34.6 Å². The number of aliphatic hydroxyl groups is 1. The van der Waals surface area contributed by atoms with Gasteiger partial charge >= 0.3 is 0 Å². The second-order valence-electron chi connectivity index (χ2n) is 8.84. The van der Waals surface area contributed by atoms with Crippen LogP contribution < -0.4 is 0 Å². The lowest BCUT2D eigenvalue weighted by Crippen LogP contribution is -2.48. The number of allylic oxidation sites excluding steroid dienone is 4. The number of halogens is 1. The quantitative estimate of drug-likeness (QED) is 0.686. The van der Waals surface area contributed by atoms with Crippen molar-refractivity contribution in [3.8, 4) is 0 Å². The standard InChI is InChI=1S/C20H27FO2/c1-11-8-15-13-10-17(21)16-9-12(22)4-6-19(16,2)14(13)5-7-20(15,3)18(11)23/h5,9,11,13,15,17-18,23H,4,6-8,10H2,1-3H3/t11-,13-,15+,17+,18-,19-,20+/m1/s1. The summed E-state index contributed by atoms with van der Waals surface area (Å²) in [5.41, 5.74) is 1.67. The monoisotopic (exact) mass is 318 g/mol. The Morgan fingerprint density at radius 1 is 1.26 bits per heavy atom. The minimum absolute atomic E-state index is 0.0738. The molecule has 0 amide bonds. The Balaban J connectivity index is 1.79. The molecule has 4 aliphatic carbocycles. The molecule has 23 heavy (non-hydrogen) atoms. The van der Waals surface area contributed by atoms with Gasteiger partial charge in [0, 0.05) is 17.3 Å². The van der Waals surface area contributed by atoms with Crippen LogP contribution in [0.2, 0.25) is 0 Å². The fraction of sp³-hybridized carbons (Fsp3) is 0.750. The molecule has 0 aliphatic heterocycles. The van der Waals surface area contributed by atoms with Crippen LogP contribution in [0.15, 0.2) is 23.3 Å². The van der Waals surface area contributed by atoms with Crippen molar-refractivity contribution >= 4 is 5.78 Å². The Bertz CT molecular complexity index is 621. The summed E-state index contributed by atoms with van der Waals surface area (Å²) >= 11 is 0. The number of aliphatic hydroxyl groups excluding tert-OH is 1. The summed E-state index contributed by atoms with van der Waals surface area (Å²) in [7, 11) is 0. The van der Waals surface area contributed by atoms with Crippen LogP contribution >= 0.6 is 0 Å². The van der Waals surface area contributed by atoms with Gasteiger partial charge in [-0.15, -0.1) is 0 Å². The Hall–Kier alpha value is -0.960. The highest BCUT2D eigenvalue weighted by atomic mass is 19.1. The van der Waals surface area contributed by atoms with Crippen LogP contribution in [0.25, 0.3) is 0 Å². The summed E-state index contributed by atoms with van der Waals surface area (Å²) in [6.07, 6.45) is 6.19. The van der Waals surface area contributed by atoms with E-state index in [0.717, 1.165) is 19.3 Å². The molecule has 2 saturated carbocycles. The molecule has 7 atom stereocenters. The maximum absolute atomic E-state index is 15.0. The molecular formula is C20H27FO2. The van der Waals surface area contributed by atoms with Crippen molar-refractivity contribution in [1.29, 1.82) is 0 Å². The summed E-state index contributed by atoms with van der Waals surface area (Å²) in [6, 6.07) is 0. The summed E-state index contributed by atoms with van der Waals surface area (Å²) < 4.78 is 15.0. The summed E-state index contributed by atoms with van der Waals surface area (Å²) in [4.78, 5) is 11.8. The summed E-state index contributed by atoms with van der Waals surface area (Å²) in [5, 5.41) is 10.7. The molecule has 0 aromatic rings. The number of fused-ring (bicyclic) bond motifs is 5. The van der Waals surface area contributed by atoms with Crippen molar-refractivity contribution < 1.29 is 14.3 Å². The first-order chi connectivity index (χ1) is 10.8. The first-order valence-electron chi connectivity index (χ1n) is 9.05. The van der Waals surface area contributed by atoms with Crippen molar-refractivity contribution in [2.24, 2.45) is 28.6 Å². The lowest BCUT2D eigenvalue weighted by Gasteiger charge is -2.53. The van der Waals surface area contributed by atoms with Crippen LogP contribution in [0.1, 0.15) is 52.9 Å². The van der Waals surface area contributed by atoms with E-state index in [9.17, 15) is 14.3 Å². The molecular weight excluding hydrogens is 291 g/mol. The fourth-order valence-corrected chi connectivity index (χ4v) is 6.21. The Labute approximate surface area is 137 Å². The average molecular weight is 318 g/mol. The second-order valence-corrected chi connectivity index (χ2v) is 8.84. The second kappa shape index (κ2) is 4.78. The van der Waals surface area contributed by atoms with E-state index >= 15 is 0 Å². The van der Waals surface area contributed by atoms with E-state index in [1.807, 2.05) is 0 Å². The van der Waals surface area contributed by atoms with Crippen molar-refractivity contribution in [2.45, 2.75) is 65.2 Å². The van der Waals surface area contributed by atoms with Crippen LogP contribution in [0, 0.1) is 28.6 Å². The highest BCUT2D eigenvalue weighted by molar-refractivity contribution is 5.92. The molecule has 4 aliphatic rings. The molecule has 4 rings (SSSR count). The van der Waals surface area contributed by atoms with Gasteiger partial charge in [0.05, 0.1) is 6.10 Å². The van der Waals surface area contributed by atoms with Crippen molar-refractivity contribution in [3.05, 3.63) is 23.3 Å². The van der Waals surface area contributed by atoms with Gasteiger partial charge in [-0.25, -0.2) is 4.39 Å². The van der Waals surface area contributed by atoms with Gasteiger partial charge in [-0.1, -0.05) is 32.4 Å². The number of carbonyl (C=O) groups is 1. The maximum atomic E-state index is 15.0. The first-order valence-corrected chi connectivity index (χ1v) is 9.05. The molecule has 0 radical (unpaired) electrons. The molecule has 0 heterocycles. The number of hydrogen-bond donors (Lipinski definition) is 1. The van der Waals surface area contributed by atoms with E-state index in [2.05, 4.69) is 26.8 Å². The molecule has 1 N–H and O–H groups in total. The molecule has 0 aromatic heterocycles. The lowest BCUT2D eigenvalue weighted by atomic mass is 9.51. The van der Waals surface area contributed by atoms with Crippen LogP contribution in [0.3, 0.4) is 0 Å². The number of alkyl halides is 1. The zero-order chi connectivity index (χ0) is 16.6. The Morgan fingerprint density at radius 2 is 2.00 bits per heavy atom. The Morgan fingerprint density at radius 3 is 2.74 bits per heavy atom. The van der Waals surface area contributed by atoms with Gasteiger partial charge < -0.3 is 5.11 Å². The van der Waals surface area contributed by atoms with E-state index in [1.54, 1.807) is 6.08 Å². The van der Waals surface area contributed by atoms with Crippen LogP contribution in [0.5, 0.6) is 0 Å². The third-order valence-electron chi connectivity index (χ3n) is 7.59. The van der Waals surface area contributed by atoms with Gasteiger partial charge in [-0.3, -0.25) is 4.79 Å². The predicted octanol–water partition coefficient (Wildman–Crippen LogP) is 3.99. The van der Waals surface area contributed by atoms with E-state index in [4.69, 9.17) is 0 Å². The summed E-state index contributed by atoms with van der Waals surface area (Å²) in [5.74, 6) is 0.943. The summed E-state index contributed by atoms with van der Waals surface area (Å²) in [6.45, 7) is 6.44. The number of rotatable bonds is 0. The zero-order valence-corrected chi connectivity index (χ0v) is 14.3. The minimum Gasteiger partial charge on any atom is -0.392 e. The minimum atomic E-state index is -1.01. The molecule has 2 fully saturated rings. The molecule has 0 aromatic carbocycles. The van der Waals surface area contributed by atoms with E-state index in [0.29, 0.717) is 24.3 Å². The molecule has 0 bridgehead atoms. The zero-order valence-electron chi connectivity index (χ0n) is 14.3. The SMILES string of the molecule is C[C@@H]1C[C@H]2[C@@H]3C[C@H](F)C4=CC(=O)CC[C@]4(C)C3=CC[C@]2(C)[C@@H]1O. The van der Waals surface area contributed by atoms with Crippen molar-refractivity contribution in [1.82, 2.24) is 0 Å². The third kappa shape index (κ3) is 1.92. The number of carbonyl (C=O) groups excluding carboxylic acids is 1. The number of hydrogen-bond acceptors (Lipinski definition) is 2. The molecule has 126 valence electrons. The normalized spacial score (nSPS) is 52.2. The molecule has 3 heteroatoms. The van der Waals surface area contributed by atoms with Gasteiger partial charge in [-0.05, 0) is 55.1 Å². The van der Waals surface area contributed by atoms with Gasteiger partial charge in [0.1, 0.15) is 6.17 Å². The lowest BCUT2D eigenvalue weighted by molar-refractivity contribution is -0.116. The largest absolute Gasteiger partial charge is 0.392 e. The van der Waals surface area contributed by atoms with E-state index in [1.165, 1.54) is 5.57 Å². The highest BCUT2D eigenvalue weighted by Gasteiger charge is 2.59. The van der Waals surface area contributed by atoms with Crippen LogP contribution in [0.4, 0.5) is 4.39 Å². The smallest absolute Gasteiger partial charge is 0.155 e. The fourth-order valence-electron chi connectivity index (χ4n) is 6.21. The van der Waals surface area contributed by atoms with Gasteiger partial charge in [-0.2, -0.15) is 0 Å². The topological polar surface area (TPSA) is 37.3 Å². The molecule has 0 saturated heterocycles. The number of ketones is 1. The van der Waals surface area contributed by atoms with Crippen LogP contribution in [-0.4, -0.2) is 23.2 Å². The molecule has 0 unspecified atom stereocenters. The predicted molar refractivity (Wildman–Crippen MR) is 87.5 cm³/mol. The van der Waals surface area contributed by atoms with E-state index < -0.39 is 6.17 Å². The molecule has 0 spiro atoms. The van der Waals surface area contributed by atoms with Crippen molar-refractivity contribution in [2.75, 3.05) is 0 Å². The maximum Gasteiger partial charge on any atom is 0.155 e. The average Bonchev–Trinajstić information content (AvgIpc) is 2.73. The van der Waals surface area contributed by atoms with Gasteiger partial charge in [0.15, 0.2) is 5.78 Å². The Kier molecular flexibility index (Phi) is 3.23. The van der Waals surface area contributed by atoms with Gasteiger partial charge in [0.25, 0.3) is 0 Å². The van der Waals surface area contributed by atoms with Crippen LogP contribution in [-0.2, 0) is 4.79 Å². The molecule has 2 nitrogen and oxygen atoms in total. The van der Waals surface area contributed by atoms with Gasteiger partial charge in [0.2, 0.25) is 0 Å².